The molecule has 0 aliphatic carbocycles. The van der Waals surface area contributed by atoms with E-state index in [1.807, 2.05) is 12.1 Å². The van der Waals surface area contributed by atoms with Gasteiger partial charge < -0.3 is 24.8 Å². The Hall–Kier alpha value is -0.690. The third-order valence-electron chi connectivity index (χ3n) is 3.21. The Kier molecular flexibility index (Phi) is 4.78. The van der Waals surface area contributed by atoms with Crippen LogP contribution in [0.2, 0.25) is 5.02 Å². The molecule has 0 radical (unpaired) electrons. The second-order valence-electron chi connectivity index (χ2n) is 4.60. The fourth-order valence-electron chi connectivity index (χ4n) is 2.30. The van der Waals surface area contributed by atoms with Crippen molar-refractivity contribution in [1.82, 2.24) is 0 Å². The van der Waals surface area contributed by atoms with Gasteiger partial charge in [-0.15, -0.1) is 0 Å². The molecule has 5 nitrogen and oxygen atoms in total. The summed E-state index contributed by atoms with van der Waals surface area (Å²) in [4.78, 5) is 0. The van der Waals surface area contributed by atoms with E-state index in [-0.39, 0.29) is 13.0 Å². The van der Waals surface area contributed by atoms with Crippen LogP contribution in [0.1, 0.15) is 12.0 Å². The van der Waals surface area contributed by atoms with Crippen molar-refractivity contribution in [2.75, 3.05) is 13.4 Å². The zero-order chi connectivity index (χ0) is 13.9. The predicted octanol–water partition coefficient (Wildman–Crippen LogP) is 0.687. The van der Waals surface area contributed by atoms with Crippen LogP contribution in [0.4, 0.5) is 0 Å². The second kappa shape index (κ2) is 6.17. The number of hydrogen-bond acceptors (Lipinski definition) is 5. The topological polar surface area (TPSA) is 79.2 Å². The lowest BCUT2D eigenvalue weighted by atomic mass is 10.0. The van der Waals surface area contributed by atoms with E-state index in [9.17, 15) is 5.11 Å². The molecule has 1 heterocycles. The Balaban J connectivity index is 2.14. The van der Waals surface area contributed by atoms with Crippen molar-refractivity contribution in [3.05, 3.63) is 34.9 Å². The van der Waals surface area contributed by atoms with E-state index in [0.29, 0.717) is 11.4 Å². The highest BCUT2D eigenvalue weighted by atomic mass is 35.5. The Bertz CT molecular complexity index is 410. The quantitative estimate of drug-likeness (QED) is 0.695. The van der Waals surface area contributed by atoms with Crippen LogP contribution in [0.25, 0.3) is 0 Å². The number of aliphatic hydroxyl groups is 3. The molecule has 1 aliphatic rings. The van der Waals surface area contributed by atoms with Crippen molar-refractivity contribution in [3.8, 4) is 0 Å². The van der Waals surface area contributed by atoms with Gasteiger partial charge in [0.05, 0.1) is 12.7 Å². The number of benzene rings is 1. The maximum absolute atomic E-state index is 9.81. The maximum atomic E-state index is 9.81. The summed E-state index contributed by atoms with van der Waals surface area (Å²) < 4.78 is 10.8. The summed E-state index contributed by atoms with van der Waals surface area (Å²) in [6.45, 7) is -0.809. The van der Waals surface area contributed by atoms with E-state index >= 15 is 0 Å². The standard InChI is InChI=1S/C13H17ClO5/c14-10-3-1-9(2-4-10)5-13(18-8-16)6-11(17)12(7-15)19-13/h1-4,11-12,15-17H,5-8H2/t11-,12+,13-/m0/s1. The van der Waals surface area contributed by atoms with E-state index in [1.165, 1.54) is 0 Å². The van der Waals surface area contributed by atoms with Crippen LogP contribution in [0.5, 0.6) is 0 Å². The first-order chi connectivity index (χ1) is 9.08. The highest BCUT2D eigenvalue weighted by Gasteiger charge is 2.46. The molecule has 106 valence electrons. The van der Waals surface area contributed by atoms with Crippen molar-refractivity contribution in [2.45, 2.75) is 30.8 Å². The summed E-state index contributed by atoms with van der Waals surface area (Å²) in [5.74, 6) is -1.12. The lowest BCUT2D eigenvalue weighted by molar-refractivity contribution is -0.257. The van der Waals surface area contributed by atoms with Gasteiger partial charge in [-0.1, -0.05) is 23.7 Å². The Morgan fingerprint density at radius 3 is 2.53 bits per heavy atom. The summed E-state index contributed by atoms with van der Waals surface area (Å²) in [6, 6.07) is 7.15. The van der Waals surface area contributed by atoms with Gasteiger partial charge in [-0.2, -0.15) is 0 Å². The van der Waals surface area contributed by atoms with Crippen molar-refractivity contribution < 1.29 is 24.8 Å². The van der Waals surface area contributed by atoms with Crippen molar-refractivity contribution >= 4 is 11.6 Å². The van der Waals surface area contributed by atoms with Crippen LogP contribution in [-0.2, 0) is 15.9 Å². The van der Waals surface area contributed by atoms with Gasteiger partial charge >= 0.3 is 0 Å². The van der Waals surface area contributed by atoms with Gasteiger partial charge in [0.1, 0.15) is 12.9 Å². The Morgan fingerprint density at radius 1 is 1.32 bits per heavy atom. The first kappa shape index (κ1) is 14.7. The summed E-state index contributed by atoms with van der Waals surface area (Å²) >= 11 is 5.82. The van der Waals surface area contributed by atoms with Crippen LogP contribution in [0.15, 0.2) is 24.3 Å². The van der Waals surface area contributed by atoms with E-state index in [1.54, 1.807) is 12.1 Å². The van der Waals surface area contributed by atoms with Gasteiger partial charge in [-0.25, -0.2) is 0 Å². The number of halogens is 1. The molecular formula is C13H17ClO5. The highest BCUT2D eigenvalue weighted by Crippen LogP contribution is 2.35. The molecule has 19 heavy (non-hydrogen) atoms. The van der Waals surface area contributed by atoms with Crippen LogP contribution in [0, 0.1) is 0 Å². The van der Waals surface area contributed by atoms with Crippen LogP contribution < -0.4 is 0 Å². The average Bonchev–Trinajstić information content (AvgIpc) is 2.69. The Morgan fingerprint density at radius 2 is 2.00 bits per heavy atom. The predicted molar refractivity (Wildman–Crippen MR) is 68.6 cm³/mol. The van der Waals surface area contributed by atoms with E-state index in [0.717, 1.165) is 5.56 Å². The molecule has 0 spiro atoms. The molecule has 0 saturated carbocycles. The van der Waals surface area contributed by atoms with Gasteiger partial charge in [0.2, 0.25) is 0 Å². The maximum Gasteiger partial charge on any atom is 0.178 e. The fourth-order valence-corrected chi connectivity index (χ4v) is 2.43. The van der Waals surface area contributed by atoms with Gasteiger partial charge in [-0.3, -0.25) is 0 Å². The summed E-state index contributed by atoms with van der Waals surface area (Å²) in [5, 5.41) is 28.5. The number of ether oxygens (including phenoxy) is 2. The molecule has 1 aromatic carbocycles. The molecule has 1 fully saturated rings. The number of rotatable bonds is 5. The van der Waals surface area contributed by atoms with Crippen molar-refractivity contribution in [3.63, 3.8) is 0 Å². The smallest absolute Gasteiger partial charge is 0.178 e. The monoisotopic (exact) mass is 288 g/mol. The zero-order valence-electron chi connectivity index (χ0n) is 10.3. The molecule has 6 heteroatoms. The molecule has 3 N–H and O–H groups in total. The molecule has 0 aromatic heterocycles. The minimum absolute atomic E-state index is 0.196. The van der Waals surface area contributed by atoms with Crippen molar-refractivity contribution in [1.29, 1.82) is 0 Å². The normalized spacial score (nSPS) is 30.7. The molecule has 1 aliphatic heterocycles. The SMILES string of the molecule is OCO[C@]1(Cc2ccc(Cl)cc2)C[C@H](O)[C@@H](CO)O1. The van der Waals surface area contributed by atoms with Gasteiger partial charge in [-0.05, 0) is 17.7 Å². The molecular weight excluding hydrogens is 272 g/mol. The molecule has 0 amide bonds. The lowest BCUT2D eigenvalue weighted by Gasteiger charge is -2.28. The third kappa shape index (κ3) is 3.45. The largest absolute Gasteiger partial charge is 0.394 e. The summed E-state index contributed by atoms with van der Waals surface area (Å²) in [6.07, 6.45) is -0.956. The zero-order valence-corrected chi connectivity index (χ0v) is 11.1. The average molecular weight is 289 g/mol. The minimum Gasteiger partial charge on any atom is -0.394 e. The third-order valence-corrected chi connectivity index (χ3v) is 3.46. The first-order valence-electron chi connectivity index (χ1n) is 6.04. The number of hydrogen-bond donors (Lipinski definition) is 3. The van der Waals surface area contributed by atoms with Crippen LogP contribution in [-0.4, -0.2) is 46.7 Å². The van der Waals surface area contributed by atoms with Crippen LogP contribution in [0.3, 0.4) is 0 Å². The summed E-state index contributed by atoms with van der Waals surface area (Å²) in [5.41, 5.74) is 0.906. The Labute approximate surface area is 116 Å². The fraction of sp³-hybridized carbons (Fsp3) is 0.538. The molecule has 0 unspecified atom stereocenters. The molecule has 1 saturated heterocycles. The van der Waals surface area contributed by atoms with E-state index in [2.05, 4.69) is 0 Å². The molecule has 2 rings (SSSR count). The van der Waals surface area contributed by atoms with Gasteiger partial charge in [0.15, 0.2) is 5.79 Å². The van der Waals surface area contributed by atoms with E-state index < -0.39 is 24.8 Å². The second-order valence-corrected chi connectivity index (χ2v) is 5.03. The molecule has 3 atom stereocenters. The number of aliphatic hydroxyl groups excluding tert-OH is 3. The summed E-state index contributed by atoms with van der Waals surface area (Å²) in [7, 11) is 0. The highest BCUT2D eigenvalue weighted by molar-refractivity contribution is 6.30. The lowest BCUT2D eigenvalue weighted by Crippen LogP contribution is -2.36. The molecule has 1 aromatic rings. The van der Waals surface area contributed by atoms with E-state index in [4.69, 9.17) is 31.3 Å². The van der Waals surface area contributed by atoms with Gasteiger partial charge in [0, 0.05) is 17.9 Å². The van der Waals surface area contributed by atoms with Gasteiger partial charge in [0.25, 0.3) is 0 Å². The molecule has 0 bridgehead atoms. The first-order valence-corrected chi connectivity index (χ1v) is 6.42. The van der Waals surface area contributed by atoms with Crippen molar-refractivity contribution in [2.24, 2.45) is 0 Å². The minimum atomic E-state index is -1.12. The van der Waals surface area contributed by atoms with Crippen LogP contribution >= 0.6 is 11.6 Å².